The van der Waals surface area contributed by atoms with E-state index >= 15 is 0 Å². The summed E-state index contributed by atoms with van der Waals surface area (Å²) in [5.41, 5.74) is 7.80. The van der Waals surface area contributed by atoms with Crippen molar-refractivity contribution in [2.45, 2.75) is 13.8 Å². The van der Waals surface area contributed by atoms with Gasteiger partial charge in [0, 0.05) is 28.6 Å². The summed E-state index contributed by atoms with van der Waals surface area (Å²) in [4.78, 5) is 9.98. The highest BCUT2D eigenvalue weighted by atomic mass is 16.6. The molecule has 2 N–H and O–H groups in total. The third kappa shape index (κ3) is 3.22. The van der Waals surface area contributed by atoms with Gasteiger partial charge in [-0.05, 0) is 44.2 Å². The van der Waals surface area contributed by atoms with E-state index in [1.54, 1.807) is 6.07 Å². The summed E-state index contributed by atoms with van der Waals surface area (Å²) in [6.45, 7) is 3.74. The van der Waals surface area contributed by atoms with E-state index in [1.165, 1.54) is 12.1 Å². The summed E-state index contributed by atoms with van der Waals surface area (Å²) >= 11 is 0. The first kappa shape index (κ1) is 15.6. The summed E-state index contributed by atoms with van der Waals surface area (Å²) < 4.78 is 10.6. The monoisotopic (exact) mass is 324 g/mol. The highest BCUT2D eigenvalue weighted by Crippen LogP contribution is 2.23. The Morgan fingerprint density at radius 2 is 1.42 bits per heavy atom. The molecule has 122 valence electrons. The second kappa shape index (κ2) is 6.08. The summed E-state index contributed by atoms with van der Waals surface area (Å²) in [5.74, 6) is 1.68. The van der Waals surface area contributed by atoms with Crippen LogP contribution >= 0.6 is 0 Å². The number of benzene rings is 2. The van der Waals surface area contributed by atoms with Gasteiger partial charge in [-0.3, -0.25) is 10.1 Å². The molecule has 0 aliphatic carbocycles. The molecule has 24 heavy (non-hydrogen) atoms. The second-order valence-corrected chi connectivity index (χ2v) is 5.49. The van der Waals surface area contributed by atoms with E-state index in [2.05, 4.69) is 0 Å². The van der Waals surface area contributed by atoms with Crippen LogP contribution in [0.25, 0.3) is 21.9 Å². The molecule has 0 saturated heterocycles. The van der Waals surface area contributed by atoms with Gasteiger partial charge in [0.25, 0.3) is 5.69 Å². The topological polar surface area (TPSA) is 95.4 Å². The van der Waals surface area contributed by atoms with E-state index in [-0.39, 0.29) is 5.69 Å². The minimum absolute atomic E-state index is 0.0573. The van der Waals surface area contributed by atoms with Crippen molar-refractivity contribution in [2.75, 3.05) is 5.73 Å². The molecular formula is C18H16N2O4. The van der Waals surface area contributed by atoms with Crippen molar-refractivity contribution in [3.8, 4) is 0 Å². The molecule has 2 aromatic carbocycles. The standard InChI is InChI=1S/C9H7NO3.C9H9NO/c1-6-4-7-2-3-8(10(11)12)5-9(7)13-6;1-6-4-7-2-3-8(10)5-9(7)11-6/h2-5H,1H3;2-5H,10H2,1H3. The highest BCUT2D eigenvalue weighted by molar-refractivity contribution is 5.81. The van der Waals surface area contributed by atoms with Gasteiger partial charge >= 0.3 is 0 Å². The zero-order valence-corrected chi connectivity index (χ0v) is 13.3. The number of rotatable bonds is 1. The number of nitrogens with two attached hydrogens (primary N) is 1. The van der Waals surface area contributed by atoms with Crippen molar-refractivity contribution >= 4 is 33.3 Å². The molecule has 2 heterocycles. The summed E-state index contributed by atoms with van der Waals surface area (Å²) in [5, 5.41) is 12.4. The molecule has 0 fully saturated rings. The molecule has 6 nitrogen and oxygen atoms in total. The predicted molar refractivity (Wildman–Crippen MR) is 93.0 cm³/mol. The first-order chi connectivity index (χ1) is 11.4. The van der Waals surface area contributed by atoms with E-state index in [0.29, 0.717) is 5.58 Å². The van der Waals surface area contributed by atoms with Gasteiger partial charge in [0.15, 0.2) is 0 Å². The SMILES string of the molecule is Cc1cc2ccc(N)cc2o1.Cc1cc2ccc([N+](=O)[O-])cc2o1. The van der Waals surface area contributed by atoms with Gasteiger partial charge in [0.1, 0.15) is 22.7 Å². The lowest BCUT2D eigenvalue weighted by Gasteiger charge is -1.89. The van der Waals surface area contributed by atoms with Crippen LogP contribution in [0.4, 0.5) is 11.4 Å². The third-order valence-electron chi connectivity index (χ3n) is 3.51. The molecule has 4 rings (SSSR count). The van der Waals surface area contributed by atoms with Gasteiger partial charge < -0.3 is 14.6 Å². The van der Waals surface area contributed by atoms with Crippen LogP contribution in [-0.2, 0) is 0 Å². The molecular weight excluding hydrogens is 308 g/mol. The van der Waals surface area contributed by atoms with Crippen molar-refractivity contribution in [1.29, 1.82) is 0 Å². The first-order valence-corrected chi connectivity index (χ1v) is 7.32. The maximum Gasteiger partial charge on any atom is 0.273 e. The van der Waals surface area contributed by atoms with Crippen LogP contribution in [-0.4, -0.2) is 4.92 Å². The number of anilines is 1. The Bertz CT molecular complexity index is 1030. The minimum atomic E-state index is -0.433. The molecule has 0 aliphatic heterocycles. The van der Waals surface area contributed by atoms with Crippen LogP contribution in [0.15, 0.2) is 57.4 Å². The molecule has 0 aliphatic rings. The number of hydrogen-bond acceptors (Lipinski definition) is 5. The Kier molecular flexibility index (Phi) is 3.95. The maximum atomic E-state index is 10.4. The number of non-ortho nitro benzene ring substituents is 1. The average Bonchev–Trinajstić information content (AvgIpc) is 3.06. The van der Waals surface area contributed by atoms with Gasteiger partial charge in [-0.15, -0.1) is 0 Å². The van der Waals surface area contributed by atoms with E-state index in [4.69, 9.17) is 14.6 Å². The van der Waals surface area contributed by atoms with Crippen LogP contribution in [0.3, 0.4) is 0 Å². The van der Waals surface area contributed by atoms with Gasteiger partial charge in [-0.25, -0.2) is 0 Å². The van der Waals surface area contributed by atoms with Gasteiger partial charge in [0.05, 0.1) is 11.0 Å². The average molecular weight is 324 g/mol. The minimum Gasteiger partial charge on any atom is -0.461 e. The van der Waals surface area contributed by atoms with Crippen LogP contribution < -0.4 is 5.73 Å². The van der Waals surface area contributed by atoms with E-state index in [0.717, 1.165) is 33.6 Å². The largest absolute Gasteiger partial charge is 0.461 e. The van der Waals surface area contributed by atoms with Crippen LogP contribution in [0.2, 0.25) is 0 Å². The molecule has 6 heteroatoms. The maximum absolute atomic E-state index is 10.4. The number of nitrogen functional groups attached to an aromatic ring is 1. The molecule has 0 bridgehead atoms. The van der Waals surface area contributed by atoms with Gasteiger partial charge in [-0.2, -0.15) is 0 Å². The van der Waals surface area contributed by atoms with Crippen LogP contribution in [0.1, 0.15) is 11.5 Å². The zero-order chi connectivity index (χ0) is 17.3. The quantitative estimate of drug-likeness (QED) is 0.303. The van der Waals surface area contributed by atoms with E-state index in [9.17, 15) is 10.1 Å². The summed E-state index contributed by atoms with van der Waals surface area (Å²) in [7, 11) is 0. The van der Waals surface area contributed by atoms with Crippen LogP contribution in [0, 0.1) is 24.0 Å². The molecule has 0 amide bonds. The Hall–Kier alpha value is -3.28. The smallest absolute Gasteiger partial charge is 0.273 e. The molecule has 0 spiro atoms. The fourth-order valence-electron chi connectivity index (χ4n) is 2.45. The number of furan rings is 2. The lowest BCUT2D eigenvalue weighted by molar-refractivity contribution is -0.384. The normalized spacial score (nSPS) is 10.6. The van der Waals surface area contributed by atoms with E-state index in [1.807, 2.05) is 44.2 Å². The highest BCUT2D eigenvalue weighted by Gasteiger charge is 2.08. The molecule has 0 saturated carbocycles. The fourth-order valence-corrected chi connectivity index (χ4v) is 2.45. The van der Waals surface area contributed by atoms with Crippen molar-refractivity contribution in [3.63, 3.8) is 0 Å². The lowest BCUT2D eigenvalue weighted by atomic mass is 10.2. The molecule has 0 unspecified atom stereocenters. The number of nitro groups is 1. The van der Waals surface area contributed by atoms with Gasteiger partial charge in [-0.1, -0.05) is 0 Å². The zero-order valence-electron chi connectivity index (χ0n) is 13.3. The Labute approximate surface area is 137 Å². The van der Waals surface area contributed by atoms with Gasteiger partial charge in [0.2, 0.25) is 0 Å². The van der Waals surface area contributed by atoms with Crippen molar-refractivity contribution < 1.29 is 13.8 Å². The van der Waals surface area contributed by atoms with Crippen molar-refractivity contribution in [3.05, 3.63) is 70.2 Å². The lowest BCUT2D eigenvalue weighted by Crippen LogP contribution is -1.85. The Morgan fingerprint density at radius 3 is 2.00 bits per heavy atom. The summed E-state index contributed by atoms with van der Waals surface area (Å²) in [6, 6.07) is 14.1. The Morgan fingerprint density at radius 1 is 0.875 bits per heavy atom. The second-order valence-electron chi connectivity index (χ2n) is 5.49. The van der Waals surface area contributed by atoms with Crippen LogP contribution in [0.5, 0.6) is 0 Å². The van der Waals surface area contributed by atoms with Crippen molar-refractivity contribution in [1.82, 2.24) is 0 Å². The van der Waals surface area contributed by atoms with E-state index < -0.39 is 4.92 Å². The Balaban J connectivity index is 0.000000143. The number of nitro benzene ring substituents is 1. The predicted octanol–water partition coefficient (Wildman–Crippen LogP) is 4.97. The number of aryl methyl sites for hydroxylation is 2. The molecule has 4 aromatic rings. The third-order valence-corrected chi connectivity index (χ3v) is 3.51. The molecule has 2 aromatic heterocycles. The first-order valence-electron chi connectivity index (χ1n) is 7.32. The molecule has 0 radical (unpaired) electrons. The number of hydrogen-bond donors (Lipinski definition) is 1. The summed E-state index contributed by atoms with van der Waals surface area (Å²) in [6.07, 6.45) is 0. The molecule has 0 atom stereocenters. The number of nitrogens with zero attached hydrogens (tertiary/aromatic N) is 1. The number of fused-ring (bicyclic) bond motifs is 2. The fraction of sp³-hybridized carbons (Fsp3) is 0.111. The van der Waals surface area contributed by atoms with Crippen molar-refractivity contribution in [2.24, 2.45) is 0 Å².